The molecule has 1 fully saturated rings. The Bertz CT molecular complexity index is 559. The molecular weight excluding hydrogens is 356 g/mol. The van der Waals surface area contributed by atoms with Gasteiger partial charge in [-0.3, -0.25) is 0 Å². The zero-order chi connectivity index (χ0) is 20.6. The lowest BCUT2D eigenvalue weighted by molar-refractivity contribution is 0.201. The van der Waals surface area contributed by atoms with Crippen LogP contribution in [0.3, 0.4) is 0 Å². The summed E-state index contributed by atoms with van der Waals surface area (Å²) in [4.78, 5) is 0. The van der Waals surface area contributed by atoms with E-state index in [0.29, 0.717) is 6.61 Å². The van der Waals surface area contributed by atoms with Gasteiger partial charge < -0.3 is 9.47 Å². The molecule has 0 spiro atoms. The van der Waals surface area contributed by atoms with E-state index in [1.54, 1.807) is 0 Å². The zero-order valence-corrected chi connectivity index (χ0v) is 19.1. The number of rotatable bonds is 18. The molecule has 1 saturated heterocycles. The van der Waals surface area contributed by atoms with Crippen molar-refractivity contribution in [2.24, 2.45) is 0 Å². The molecule has 1 aliphatic heterocycles. The molecule has 29 heavy (non-hydrogen) atoms. The highest BCUT2D eigenvalue weighted by molar-refractivity contribution is 5.33. The van der Waals surface area contributed by atoms with E-state index >= 15 is 0 Å². The Morgan fingerprint density at radius 2 is 1.41 bits per heavy atom. The molecule has 1 heterocycles. The number of hydrogen-bond acceptors (Lipinski definition) is 2. The van der Waals surface area contributed by atoms with Crippen LogP contribution in [0.2, 0.25) is 0 Å². The summed E-state index contributed by atoms with van der Waals surface area (Å²) in [5.41, 5.74) is 1.31. The minimum Gasteiger partial charge on any atom is -0.490 e. The van der Waals surface area contributed by atoms with Crippen LogP contribution in [0, 0.1) is 0 Å². The maximum Gasteiger partial charge on any atom is 0.123 e. The molecule has 2 heteroatoms. The number of epoxide rings is 1. The van der Waals surface area contributed by atoms with E-state index in [2.05, 4.69) is 50.3 Å². The predicted molar refractivity (Wildman–Crippen MR) is 125 cm³/mol. The van der Waals surface area contributed by atoms with Gasteiger partial charge in [0.15, 0.2) is 0 Å². The van der Waals surface area contributed by atoms with Crippen molar-refractivity contribution in [3.63, 3.8) is 0 Å². The summed E-state index contributed by atoms with van der Waals surface area (Å²) in [6.45, 7) is 5.72. The van der Waals surface area contributed by atoms with Crippen molar-refractivity contribution in [3.8, 4) is 5.75 Å². The number of ether oxygens (including phenoxy) is 2. The first-order chi connectivity index (χ1) is 14.2. The minimum atomic E-state index is -0.0423. The molecule has 0 aromatic heterocycles. The quantitative estimate of drug-likeness (QED) is 0.141. The van der Waals surface area contributed by atoms with Crippen LogP contribution >= 0.6 is 0 Å². The average Bonchev–Trinajstić information content (AvgIpc) is 3.47. The van der Waals surface area contributed by atoms with Crippen molar-refractivity contribution in [2.75, 3.05) is 13.2 Å². The molecule has 0 bridgehead atoms. The van der Waals surface area contributed by atoms with E-state index in [9.17, 15) is 0 Å². The number of para-hydroxylation sites is 1. The number of allylic oxidation sites excluding steroid dienone is 2. The van der Waals surface area contributed by atoms with Gasteiger partial charge in [-0.15, -0.1) is 0 Å². The predicted octanol–water partition coefficient (Wildman–Crippen LogP) is 8.04. The van der Waals surface area contributed by atoms with Crippen molar-refractivity contribution in [1.82, 2.24) is 0 Å². The molecule has 1 atom stereocenters. The lowest BCUT2D eigenvalue weighted by atomic mass is 10.0. The molecule has 2 rings (SSSR count). The first-order valence-corrected chi connectivity index (χ1v) is 12.2. The van der Waals surface area contributed by atoms with Crippen molar-refractivity contribution in [2.45, 2.75) is 109 Å². The highest BCUT2D eigenvalue weighted by atomic mass is 16.6. The fraction of sp³-hybridized carbons (Fsp3) is 0.704. The van der Waals surface area contributed by atoms with Gasteiger partial charge in [0, 0.05) is 0 Å². The third-order valence-corrected chi connectivity index (χ3v) is 5.95. The van der Waals surface area contributed by atoms with E-state index < -0.39 is 0 Å². The summed E-state index contributed by atoms with van der Waals surface area (Å²) in [6.07, 6.45) is 23.6. The van der Waals surface area contributed by atoms with Gasteiger partial charge in [0.25, 0.3) is 0 Å². The second-order valence-corrected chi connectivity index (χ2v) is 8.99. The third-order valence-electron chi connectivity index (χ3n) is 5.95. The minimum absolute atomic E-state index is 0.0423. The molecule has 0 aliphatic carbocycles. The van der Waals surface area contributed by atoms with Gasteiger partial charge in [0.2, 0.25) is 0 Å². The lowest BCUT2D eigenvalue weighted by Crippen LogP contribution is -2.17. The van der Waals surface area contributed by atoms with Crippen molar-refractivity contribution >= 4 is 0 Å². The summed E-state index contributed by atoms with van der Waals surface area (Å²) < 4.78 is 11.4. The third kappa shape index (κ3) is 11.5. The largest absolute Gasteiger partial charge is 0.490 e. The fourth-order valence-corrected chi connectivity index (χ4v) is 3.80. The van der Waals surface area contributed by atoms with Crippen molar-refractivity contribution < 1.29 is 9.47 Å². The summed E-state index contributed by atoms with van der Waals surface area (Å²) in [5, 5.41) is 0. The SMILES string of the molecule is C/C=C/CCCCCCCCCCCCCCc1ccccc1OCC1(C)CO1. The first kappa shape index (κ1) is 24.0. The molecule has 2 nitrogen and oxygen atoms in total. The molecule has 0 radical (unpaired) electrons. The number of benzene rings is 1. The van der Waals surface area contributed by atoms with Gasteiger partial charge in [-0.2, -0.15) is 0 Å². The van der Waals surface area contributed by atoms with Crippen LogP contribution < -0.4 is 4.74 Å². The van der Waals surface area contributed by atoms with Crippen LogP contribution in [0.5, 0.6) is 5.75 Å². The van der Waals surface area contributed by atoms with Gasteiger partial charge in [0.05, 0.1) is 6.61 Å². The number of unbranched alkanes of at least 4 members (excludes halogenated alkanes) is 12. The Morgan fingerprint density at radius 1 is 0.862 bits per heavy atom. The van der Waals surface area contributed by atoms with Crippen LogP contribution in [-0.4, -0.2) is 18.8 Å². The summed E-state index contributed by atoms with van der Waals surface area (Å²) in [6, 6.07) is 8.51. The Hall–Kier alpha value is -1.28. The lowest BCUT2D eigenvalue weighted by Gasteiger charge is -2.13. The molecule has 1 aromatic rings. The molecular formula is C27H44O2. The highest BCUT2D eigenvalue weighted by Crippen LogP contribution is 2.28. The summed E-state index contributed by atoms with van der Waals surface area (Å²) in [7, 11) is 0. The van der Waals surface area contributed by atoms with Crippen molar-refractivity contribution in [3.05, 3.63) is 42.0 Å². The van der Waals surface area contributed by atoms with Gasteiger partial charge >= 0.3 is 0 Å². The summed E-state index contributed by atoms with van der Waals surface area (Å²) in [5.74, 6) is 1.05. The smallest absolute Gasteiger partial charge is 0.123 e. The van der Waals surface area contributed by atoms with E-state index in [1.807, 2.05) is 0 Å². The second kappa shape index (κ2) is 14.7. The molecule has 0 saturated carbocycles. The fourth-order valence-electron chi connectivity index (χ4n) is 3.80. The van der Waals surface area contributed by atoms with Crippen LogP contribution in [-0.2, 0) is 11.2 Å². The van der Waals surface area contributed by atoms with Crippen molar-refractivity contribution in [1.29, 1.82) is 0 Å². The highest BCUT2D eigenvalue weighted by Gasteiger charge is 2.40. The molecule has 164 valence electrons. The average molecular weight is 401 g/mol. The molecule has 0 amide bonds. The van der Waals surface area contributed by atoms with Crippen LogP contribution in [0.4, 0.5) is 0 Å². The Kier molecular flexibility index (Phi) is 12.1. The molecule has 1 aromatic carbocycles. The molecule has 1 aliphatic rings. The Balaban J connectivity index is 1.40. The zero-order valence-electron chi connectivity index (χ0n) is 19.1. The number of hydrogen-bond donors (Lipinski definition) is 0. The normalized spacial score (nSPS) is 18.4. The van der Waals surface area contributed by atoms with E-state index in [-0.39, 0.29) is 5.60 Å². The second-order valence-electron chi connectivity index (χ2n) is 8.99. The van der Waals surface area contributed by atoms with E-state index in [4.69, 9.17) is 9.47 Å². The maximum absolute atomic E-state index is 6.01. The summed E-state index contributed by atoms with van der Waals surface area (Å²) >= 11 is 0. The monoisotopic (exact) mass is 400 g/mol. The van der Waals surface area contributed by atoms with Crippen LogP contribution in [0.25, 0.3) is 0 Å². The Morgan fingerprint density at radius 3 is 2.00 bits per heavy atom. The number of aryl methyl sites for hydroxylation is 1. The van der Waals surface area contributed by atoms with E-state index in [1.165, 1.54) is 89.0 Å². The topological polar surface area (TPSA) is 21.8 Å². The van der Waals surface area contributed by atoms with E-state index in [0.717, 1.165) is 18.8 Å². The first-order valence-electron chi connectivity index (χ1n) is 12.2. The van der Waals surface area contributed by atoms with Gasteiger partial charge in [-0.1, -0.05) is 94.6 Å². The Labute approximate surface area is 180 Å². The van der Waals surface area contributed by atoms with Gasteiger partial charge in [-0.25, -0.2) is 0 Å². The molecule has 1 unspecified atom stereocenters. The van der Waals surface area contributed by atoms with Crippen LogP contribution in [0.1, 0.15) is 103 Å². The van der Waals surface area contributed by atoms with Crippen LogP contribution in [0.15, 0.2) is 36.4 Å². The van der Waals surface area contributed by atoms with Gasteiger partial charge in [0.1, 0.15) is 18.0 Å². The standard InChI is InChI=1S/C27H44O2/c1-3-4-5-6-7-8-9-10-11-12-13-14-15-16-17-20-25-21-18-19-22-26(25)28-23-27(2)24-29-27/h3-4,18-19,21-22H,5-17,20,23-24H2,1-2H3/b4-3+. The molecule has 0 N–H and O–H groups in total. The van der Waals surface area contributed by atoms with Gasteiger partial charge in [-0.05, 0) is 51.2 Å². The maximum atomic E-state index is 6.01.